The molecule has 6 nitrogen and oxygen atoms in total. The lowest BCUT2D eigenvalue weighted by Gasteiger charge is -2.18. The average molecular weight is 445 g/mol. The van der Waals surface area contributed by atoms with E-state index in [1.54, 1.807) is 45.0 Å². The maximum absolute atomic E-state index is 14.3. The van der Waals surface area contributed by atoms with Crippen molar-refractivity contribution in [3.63, 3.8) is 0 Å². The second-order valence-electron chi connectivity index (χ2n) is 8.31. The highest BCUT2D eigenvalue weighted by molar-refractivity contribution is 6.30. The van der Waals surface area contributed by atoms with Crippen LogP contribution >= 0.6 is 11.6 Å². The fourth-order valence-corrected chi connectivity index (χ4v) is 3.35. The smallest absolute Gasteiger partial charge is 0.341 e. The highest BCUT2D eigenvalue weighted by Crippen LogP contribution is 2.22. The van der Waals surface area contributed by atoms with E-state index in [2.05, 4.69) is 5.32 Å². The molecule has 0 aliphatic carbocycles. The summed E-state index contributed by atoms with van der Waals surface area (Å²) in [5, 5.41) is 12.2. The predicted molar refractivity (Wildman–Crippen MR) is 116 cm³/mol. The molecule has 0 unspecified atom stereocenters. The van der Waals surface area contributed by atoms with E-state index in [1.165, 1.54) is 22.7 Å². The minimum absolute atomic E-state index is 0.000459. The number of hydrogen-bond donors (Lipinski definition) is 2. The number of aromatic nitrogens is 1. The van der Waals surface area contributed by atoms with E-state index in [1.807, 2.05) is 0 Å². The number of nitrogens with zero attached hydrogens (tertiary/aromatic N) is 1. The third-order valence-corrected chi connectivity index (χ3v) is 5.18. The van der Waals surface area contributed by atoms with E-state index in [9.17, 15) is 23.9 Å². The first-order valence-electron chi connectivity index (χ1n) is 9.60. The van der Waals surface area contributed by atoms with Gasteiger partial charge >= 0.3 is 5.97 Å². The quantitative estimate of drug-likeness (QED) is 0.621. The average Bonchev–Trinajstić information content (AvgIpc) is 2.70. The van der Waals surface area contributed by atoms with Crippen LogP contribution in [0, 0.1) is 11.2 Å². The number of fused-ring (bicyclic) bond motifs is 1. The summed E-state index contributed by atoms with van der Waals surface area (Å²) in [6.45, 7) is 5.35. The van der Waals surface area contributed by atoms with Crippen LogP contribution in [0.2, 0.25) is 5.02 Å². The molecule has 0 saturated carbocycles. The van der Waals surface area contributed by atoms with Crippen molar-refractivity contribution >= 4 is 29.0 Å². The van der Waals surface area contributed by atoms with Crippen LogP contribution in [0.5, 0.6) is 0 Å². The molecule has 3 aromatic rings. The van der Waals surface area contributed by atoms with Crippen molar-refractivity contribution in [1.82, 2.24) is 9.72 Å². The van der Waals surface area contributed by atoms with E-state index in [-0.39, 0.29) is 23.9 Å². The minimum atomic E-state index is -1.37. The molecule has 0 fully saturated rings. The Hall–Kier alpha value is -3.19. The maximum Gasteiger partial charge on any atom is 0.341 e. The van der Waals surface area contributed by atoms with Gasteiger partial charge in [0.25, 0.3) is 5.56 Å². The minimum Gasteiger partial charge on any atom is -0.477 e. The second kappa shape index (κ2) is 8.51. The second-order valence-corrected chi connectivity index (χ2v) is 8.72. The van der Waals surface area contributed by atoms with E-state index in [0.29, 0.717) is 22.2 Å². The Morgan fingerprint density at radius 1 is 1.16 bits per heavy atom. The molecule has 0 spiro atoms. The summed E-state index contributed by atoms with van der Waals surface area (Å²) in [4.78, 5) is 36.6. The molecule has 1 amide bonds. The fourth-order valence-electron chi connectivity index (χ4n) is 3.16. The van der Waals surface area contributed by atoms with Crippen molar-refractivity contribution in [2.24, 2.45) is 5.41 Å². The molecular weight excluding hydrogens is 423 g/mol. The molecule has 0 radical (unpaired) electrons. The molecule has 162 valence electrons. The van der Waals surface area contributed by atoms with Crippen molar-refractivity contribution in [2.45, 2.75) is 33.7 Å². The van der Waals surface area contributed by atoms with E-state index < -0.39 is 28.3 Å². The number of halogens is 2. The number of carbonyl (C=O) groups is 2. The van der Waals surface area contributed by atoms with Crippen LogP contribution in [0.15, 0.2) is 47.4 Å². The zero-order valence-corrected chi connectivity index (χ0v) is 18.1. The van der Waals surface area contributed by atoms with Crippen LogP contribution in [0.4, 0.5) is 4.39 Å². The zero-order chi connectivity index (χ0) is 22.9. The van der Waals surface area contributed by atoms with Crippen LogP contribution in [0.1, 0.15) is 47.8 Å². The SMILES string of the molecule is CC(C)(C)C(=O)NCc1cc(C(=O)O)c(=O)n2cc(Cc3cccc(Cl)c3F)ccc12. The number of hydrogen-bond acceptors (Lipinski definition) is 3. The first-order chi connectivity index (χ1) is 14.5. The molecule has 0 aliphatic rings. The van der Waals surface area contributed by atoms with E-state index >= 15 is 0 Å². The number of aromatic carboxylic acids is 1. The van der Waals surface area contributed by atoms with Gasteiger partial charge in [-0.05, 0) is 34.9 Å². The number of benzene rings is 1. The Balaban J connectivity index is 2.07. The van der Waals surface area contributed by atoms with Gasteiger partial charge in [-0.3, -0.25) is 14.0 Å². The monoisotopic (exact) mass is 444 g/mol. The Kier molecular flexibility index (Phi) is 6.18. The third-order valence-electron chi connectivity index (χ3n) is 4.88. The van der Waals surface area contributed by atoms with Gasteiger partial charge in [-0.2, -0.15) is 0 Å². The number of rotatable bonds is 5. The van der Waals surface area contributed by atoms with Gasteiger partial charge in [-0.25, -0.2) is 9.18 Å². The summed E-state index contributed by atoms with van der Waals surface area (Å²) in [5.41, 5.74) is 0.153. The number of pyridine rings is 2. The van der Waals surface area contributed by atoms with Crippen molar-refractivity contribution < 1.29 is 19.1 Å². The lowest BCUT2D eigenvalue weighted by atomic mass is 9.95. The van der Waals surface area contributed by atoms with E-state index in [4.69, 9.17) is 11.6 Å². The number of carbonyl (C=O) groups excluding carboxylic acids is 1. The third kappa shape index (κ3) is 4.77. The number of nitrogens with one attached hydrogen (secondary N) is 1. The molecule has 2 N–H and O–H groups in total. The van der Waals surface area contributed by atoms with Crippen molar-refractivity contribution in [2.75, 3.05) is 0 Å². The number of carboxylic acid groups (broad SMARTS) is 1. The number of carboxylic acids is 1. The molecule has 0 bridgehead atoms. The van der Waals surface area contributed by atoms with Crippen LogP contribution in [-0.2, 0) is 17.8 Å². The Bertz CT molecular complexity index is 1240. The summed E-state index contributed by atoms with van der Waals surface area (Å²) in [6.07, 6.45) is 1.65. The summed E-state index contributed by atoms with van der Waals surface area (Å²) < 4.78 is 15.5. The normalized spacial score (nSPS) is 11.5. The van der Waals surface area contributed by atoms with Gasteiger partial charge in [0.15, 0.2) is 0 Å². The van der Waals surface area contributed by atoms with Gasteiger partial charge in [0.1, 0.15) is 11.4 Å². The topological polar surface area (TPSA) is 87.9 Å². The van der Waals surface area contributed by atoms with Gasteiger partial charge < -0.3 is 10.4 Å². The van der Waals surface area contributed by atoms with Crippen LogP contribution in [0.25, 0.3) is 5.52 Å². The van der Waals surface area contributed by atoms with E-state index in [0.717, 1.165) is 0 Å². The van der Waals surface area contributed by atoms with Crippen LogP contribution < -0.4 is 10.9 Å². The van der Waals surface area contributed by atoms with Crippen molar-refractivity contribution in [1.29, 1.82) is 0 Å². The highest BCUT2D eigenvalue weighted by atomic mass is 35.5. The predicted octanol–water partition coefficient (Wildman–Crippen LogP) is 4.04. The lowest BCUT2D eigenvalue weighted by molar-refractivity contribution is -0.128. The number of amides is 1. The van der Waals surface area contributed by atoms with Crippen molar-refractivity contribution in [3.8, 4) is 0 Å². The van der Waals surface area contributed by atoms with Gasteiger partial charge in [-0.1, -0.05) is 50.6 Å². The Morgan fingerprint density at radius 2 is 1.87 bits per heavy atom. The summed E-state index contributed by atoms with van der Waals surface area (Å²) in [7, 11) is 0. The largest absolute Gasteiger partial charge is 0.477 e. The Morgan fingerprint density at radius 3 is 2.52 bits per heavy atom. The fraction of sp³-hybridized carbons (Fsp3) is 0.261. The first-order valence-corrected chi connectivity index (χ1v) is 9.98. The van der Waals surface area contributed by atoms with Crippen LogP contribution in [-0.4, -0.2) is 21.4 Å². The molecule has 8 heteroatoms. The molecule has 0 aliphatic heterocycles. The summed E-state index contributed by atoms with van der Waals surface area (Å²) >= 11 is 5.84. The molecule has 3 rings (SSSR count). The van der Waals surface area contributed by atoms with Crippen molar-refractivity contribution in [3.05, 3.63) is 86.0 Å². The standard InChI is InChI=1S/C23H22ClFN2O4/c1-23(2,3)22(31)26-11-15-10-16(21(29)30)20(28)27-12-13(7-8-18(15)27)9-14-5-4-6-17(24)19(14)25/h4-8,10,12H,9,11H2,1-3H3,(H,26,31)(H,29,30). The molecule has 31 heavy (non-hydrogen) atoms. The Labute approximate surface area is 183 Å². The maximum atomic E-state index is 14.3. The zero-order valence-electron chi connectivity index (χ0n) is 17.3. The highest BCUT2D eigenvalue weighted by Gasteiger charge is 2.22. The molecular formula is C23H22ClFN2O4. The van der Waals surface area contributed by atoms with Gasteiger partial charge in [0.05, 0.1) is 10.5 Å². The molecule has 2 aromatic heterocycles. The summed E-state index contributed by atoms with van der Waals surface area (Å²) in [6, 6.07) is 9.33. The summed E-state index contributed by atoms with van der Waals surface area (Å²) in [5.74, 6) is -2.11. The first kappa shape index (κ1) is 22.5. The van der Waals surface area contributed by atoms with Gasteiger partial charge in [0.2, 0.25) is 5.91 Å². The molecule has 2 heterocycles. The van der Waals surface area contributed by atoms with Gasteiger partial charge in [-0.15, -0.1) is 0 Å². The molecule has 1 aromatic carbocycles. The lowest BCUT2D eigenvalue weighted by Crippen LogP contribution is -2.35. The van der Waals surface area contributed by atoms with Gasteiger partial charge in [0, 0.05) is 24.6 Å². The van der Waals surface area contributed by atoms with Crippen LogP contribution in [0.3, 0.4) is 0 Å². The molecule has 0 saturated heterocycles. The molecule has 0 atom stereocenters.